The monoisotopic (exact) mass is 206 g/mol. The zero-order chi connectivity index (χ0) is 10.8. The Hall–Kier alpha value is -1.22. The lowest BCUT2D eigenvalue weighted by Gasteiger charge is -2.20. The lowest BCUT2D eigenvalue weighted by Crippen LogP contribution is -2.21. The number of nitrogens with two attached hydrogens (primary N) is 1. The van der Waals surface area contributed by atoms with Crippen LogP contribution in [-0.4, -0.2) is 24.8 Å². The second kappa shape index (κ2) is 4.11. The van der Waals surface area contributed by atoms with E-state index in [4.69, 9.17) is 5.73 Å². The van der Waals surface area contributed by atoms with Crippen LogP contribution >= 0.6 is 0 Å². The van der Waals surface area contributed by atoms with Crippen molar-refractivity contribution in [2.45, 2.75) is 6.92 Å². The molecule has 15 heavy (non-hydrogen) atoms. The number of aliphatic hydroxyl groups is 1. The number of benzene rings is 1. The number of rotatable bonds is 2. The maximum atomic E-state index is 9.21. The average Bonchev–Trinajstić information content (AvgIpc) is 2.60. The topological polar surface area (TPSA) is 49.5 Å². The van der Waals surface area contributed by atoms with Crippen molar-refractivity contribution in [1.82, 2.24) is 0 Å². The molecule has 1 aromatic rings. The van der Waals surface area contributed by atoms with Crippen LogP contribution in [-0.2, 0) is 0 Å². The van der Waals surface area contributed by atoms with Crippen molar-refractivity contribution in [1.29, 1.82) is 0 Å². The van der Waals surface area contributed by atoms with Gasteiger partial charge in [-0.2, -0.15) is 0 Å². The van der Waals surface area contributed by atoms with E-state index in [2.05, 4.69) is 11.8 Å². The van der Waals surface area contributed by atoms with Gasteiger partial charge in [-0.25, -0.2) is 0 Å². The summed E-state index contributed by atoms with van der Waals surface area (Å²) in [6, 6.07) is 7.92. The molecule has 1 aliphatic heterocycles. The van der Waals surface area contributed by atoms with Gasteiger partial charge in [0, 0.05) is 25.6 Å². The van der Waals surface area contributed by atoms with Crippen LogP contribution in [0.15, 0.2) is 24.3 Å². The van der Waals surface area contributed by atoms with Crippen molar-refractivity contribution in [3.05, 3.63) is 24.3 Å². The molecule has 0 unspecified atom stereocenters. The Morgan fingerprint density at radius 2 is 2.13 bits per heavy atom. The highest BCUT2D eigenvalue weighted by Crippen LogP contribution is 2.31. The third kappa shape index (κ3) is 1.92. The van der Waals surface area contributed by atoms with E-state index in [1.807, 2.05) is 24.3 Å². The predicted molar refractivity (Wildman–Crippen MR) is 62.8 cm³/mol. The first-order chi connectivity index (χ1) is 7.22. The maximum Gasteiger partial charge on any atom is 0.0600 e. The molecule has 3 nitrogen and oxygen atoms in total. The minimum atomic E-state index is 0.268. The zero-order valence-electron chi connectivity index (χ0n) is 9.06. The van der Waals surface area contributed by atoms with E-state index in [0.717, 1.165) is 24.5 Å². The molecule has 3 N–H and O–H groups in total. The van der Waals surface area contributed by atoms with Gasteiger partial charge in [-0.15, -0.1) is 0 Å². The molecule has 0 aromatic heterocycles. The van der Waals surface area contributed by atoms with Crippen LogP contribution < -0.4 is 10.6 Å². The highest BCUT2D eigenvalue weighted by Gasteiger charge is 2.29. The number of para-hydroxylation sites is 2. The van der Waals surface area contributed by atoms with Crippen LogP contribution in [0.25, 0.3) is 0 Å². The smallest absolute Gasteiger partial charge is 0.0600 e. The summed E-state index contributed by atoms with van der Waals surface area (Å²) in [6.45, 7) is 4.34. The third-order valence-electron chi connectivity index (χ3n) is 3.28. The number of anilines is 2. The number of hydrogen-bond donors (Lipinski definition) is 2. The summed E-state index contributed by atoms with van der Waals surface area (Å²) in [4.78, 5) is 2.26. The summed E-state index contributed by atoms with van der Waals surface area (Å²) in [7, 11) is 0. The second-order valence-electron chi connectivity index (χ2n) is 4.38. The van der Waals surface area contributed by atoms with Crippen molar-refractivity contribution in [3.63, 3.8) is 0 Å². The van der Waals surface area contributed by atoms with E-state index in [-0.39, 0.29) is 6.61 Å². The first-order valence-electron chi connectivity index (χ1n) is 5.42. The van der Waals surface area contributed by atoms with Gasteiger partial charge in [-0.1, -0.05) is 19.1 Å². The fourth-order valence-corrected chi connectivity index (χ4v) is 2.24. The van der Waals surface area contributed by atoms with Crippen molar-refractivity contribution in [2.75, 3.05) is 30.3 Å². The van der Waals surface area contributed by atoms with Gasteiger partial charge in [0.05, 0.1) is 11.4 Å². The molecule has 0 amide bonds. The minimum absolute atomic E-state index is 0.268. The predicted octanol–water partition coefficient (Wildman–Crippen LogP) is 1.33. The van der Waals surface area contributed by atoms with Crippen molar-refractivity contribution >= 4 is 11.4 Å². The lowest BCUT2D eigenvalue weighted by atomic mass is 10.00. The number of hydrogen-bond acceptors (Lipinski definition) is 3. The van der Waals surface area contributed by atoms with Gasteiger partial charge < -0.3 is 15.7 Å². The van der Waals surface area contributed by atoms with Gasteiger partial charge >= 0.3 is 0 Å². The molecule has 2 atom stereocenters. The highest BCUT2D eigenvalue weighted by molar-refractivity contribution is 5.67. The lowest BCUT2D eigenvalue weighted by molar-refractivity contribution is 0.212. The fraction of sp³-hybridized carbons (Fsp3) is 0.500. The van der Waals surface area contributed by atoms with Crippen LogP contribution in [0.4, 0.5) is 11.4 Å². The van der Waals surface area contributed by atoms with Gasteiger partial charge in [-0.05, 0) is 18.1 Å². The van der Waals surface area contributed by atoms with Gasteiger partial charge in [0.2, 0.25) is 0 Å². The van der Waals surface area contributed by atoms with Crippen LogP contribution in [0.5, 0.6) is 0 Å². The Morgan fingerprint density at radius 1 is 1.40 bits per heavy atom. The minimum Gasteiger partial charge on any atom is -0.397 e. The Morgan fingerprint density at radius 3 is 2.73 bits per heavy atom. The molecule has 1 saturated heterocycles. The molecule has 2 rings (SSSR count). The number of aliphatic hydroxyl groups excluding tert-OH is 1. The number of nitrogens with zero attached hydrogens (tertiary/aromatic N) is 1. The molecule has 1 fully saturated rings. The van der Waals surface area contributed by atoms with Crippen LogP contribution in [0.1, 0.15) is 6.92 Å². The molecule has 1 aliphatic rings. The molecule has 0 bridgehead atoms. The van der Waals surface area contributed by atoms with Gasteiger partial charge in [0.25, 0.3) is 0 Å². The zero-order valence-corrected chi connectivity index (χ0v) is 9.06. The summed E-state index contributed by atoms with van der Waals surface area (Å²) in [5.41, 5.74) is 7.85. The SMILES string of the molecule is C[C@H]1CN(c2ccccc2N)C[C@@H]1CO. The molecule has 3 heteroatoms. The quantitative estimate of drug-likeness (QED) is 0.718. The Labute approximate surface area is 90.5 Å². The summed E-state index contributed by atoms with van der Waals surface area (Å²) in [5.74, 6) is 0.916. The fourth-order valence-electron chi connectivity index (χ4n) is 2.24. The highest BCUT2D eigenvalue weighted by atomic mass is 16.3. The standard InChI is InChI=1S/C12H18N2O/c1-9-6-14(7-10(9)8-15)12-5-3-2-4-11(12)13/h2-5,9-10,15H,6-8,13H2,1H3/t9-,10+/m0/s1. The first-order valence-corrected chi connectivity index (χ1v) is 5.42. The second-order valence-corrected chi connectivity index (χ2v) is 4.38. The van der Waals surface area contributed by atoms with Gasteiger partial charge in [0.1, 0.15) is 0 Å². The summed E-state index contributed by atoms with van der Waals surface area (Å²) in [5, 5.41) is 9.21. The number of nitrogen functional groups attached to an aromatic ring is 1. The molecule has 0 saturated carbocycles. The van der Waals surface area contributed by atoms with E-state index < -0.39 is 0 Å². The van der Waals surface area contributed by atoms with E-state index in [1.54, 1.807) is 0 Å². The van der Waals surface area contributed by atoms with Crippen molar-refractivity contribution in [3.8, 4) is 0 Å². The summed E-state index contributed by atoms with van der Waals surface area (Å²) < 4.78 is 0. The van der Waals surface area contributed by atoms with Gasteiger partial charge in [-0.3, -0.25) is 0 Å². The molecule has 1 heterocycles. The summed E-state index contributed by atoms with van der Waals surface area (Å²) >= 11 is 0. The van der Waals surface area contributed by atoms with Gasteiger partial charge in [0.15, 0.2) is 0 Å². The molecule has 0 spiro atoms. The Balaban J connectivity index is 2.17. The van der Waals surface area contributed by atoms with E-state index >= 15 is 0 Å². The third-order valence-corrected chi connectivity index (χ3v) is 3.28. The molecular weight excluding hydrogens is 188 g/mol. The van der Waals surface area contributed by atoms with E-state index in [1.165, 1.54) is 0 Å². The molecule has 1 aromatic carbocycles. The molecular formula is C12H18N2O. The largest absolute Gasteiger partial charge is 0.397 e. The van der Waals surface area contributed by atoms with Crippen molar-refractivity contribution in [2.24, 2.45) is 11.8 Å². The van der Waals surface area contributed by atoms with Crippen molar-refractivity contribution < 1.29 is 5.11 Å². The van der Waals surface area contributed by atoms with Crippen LogP contribution in [0.2, 0.25) is 0 Å². The first kappa shape index (κ1) is 10.3. The Bertz CT molecular complexity index is 340. The van der Waals surface area contributed by atoms with E-state index in [9.17, 15) is 5.11 Å². The van der Waals surface area contributed by atoms with E-state index in [0.29, 0.717) is 11.8 Å². The average molecular weight is 206 g/mol. The maximum absolute atomic E-state index is 9.21. The molecule has 0 aliphatic carbocycles. The molecule has 82 valence electrons. The normalized spacial score (nSPS) is 25.9. The molecule has 0 radical (unpaired) electrons. The Kier molecular flexibility index (Phi) is 2.82. The summed E-state index contributed by atoms with van der Waals surface area (Å²) in [6.07, 6.45) is 0. The van der Waals surface area contributed by atoms with Crippen LogP contribution in [0.3, 0.4) is 0 Å². The van der Waals surface area contributed by atoms with Crippen LogP contribution in [0, 0.1) is 11.8 Å².